The van der Waals surface area contributed by atoms with Crippen LogP contribution in [0.25, 0.3) is 5.57 Å². The molecule has 3 rings (SSSR count). The van der Waals surface area contributed by atoms with Gasteiger partial charge in [0.1, 0.15) is 5.82 Å². The third-order valence-electron chi connectivity index (χ3n) is 4.02. The standard InChI is InChI=1S/C16H18FN3O2/c17-14-3-1-12(2-4-14)13-5-8-19(9-6-13)11-15(21)20-10-7-18-16(20)22/h1-5H,6-11H2,(H,18,22). The zero-order valence-corrected chi connectivity index (χ0v) is 12.2. The largest absolute Gasteiger partial charge is 0.336 e. The summed E-state index contributed by atoms with van der Waals surface area (Å²) < 4.78 is 12.9. The zero-order valence-electron chi connectivity index (χ0n) is 12.2. The molecule has 0 bridgehead atoms. The Labute approximate surface area is 128 Å². The molecule has 1 saturated heterocycles. The van der Waals surface area contributed by atoms with Crippen LogP contribution in [0.4, 0.5) is 9.18 Å². The van der Waals surface area contributed by atoms with E-state index < -0.39 is 0 Å². The van der Waals surface area contributed by atoms with Crippen LogP contribution in [0.5, 0.6) is 0 Å². The Morgan fingerprint density at radius 3 is 2.59 bits per heavy atom. The van der Waals surface area contributed by atoms with Gasteiger partial charge in [-0.2, -0.15) is 0 Å². The second kappa shape index (κ2) is 6.27. The first-order chi connectivity index (χ1) is 10.6. The number of carbonyl (C=O) groups is 2. The molecule has 0 spiro atoms. The molecule has 1 fully saturated rings. The summed E-state index contributed by atoms with van der Waals surface area (Å²) >= 11 is 0. The first kappa shape index (κ1) is 14.7. The van der Waals surface area contributed by atoms with E-state index in [2.05, 4.69) is 11.4 Å². The molecule has 22 heavy (non-hydrogen) atoms. The molecule has 0 saturated carbocycles. The number of amides is 3. The Morgan fingerprint density at radius 2 is 2.00 bits per heavy atom. The zero-order chi connectivity index (χ0) is 15.5. The van der Waals surface area contributed by atoms with E-state index in [1.165, 1.54) is 22.6 Å². The van der Waals surface area contributed by atoms with Crippen molar-refractivity contribution in [3.8, 4) is 0 Å². The third-order valence-corrected chi connectivity index (χ3v) is 4.02. The van der Waals surface area contributed by atoms with Gasteiger partial charge in [0, 0.05) is 26.2 Å². The molecule has 3 amide bonds. The van der Waals surface area contributed by atoms with Crippen LogP contribution < -0.4 is 5.32 Å². The normalized spacial score (nSPS) is 19.0. The summed E-state index contributed by atoms with van der Waals surface area (Å²) in [6.07, 6.45) is 2.87. The Bertz CT molecular complexity index is 612. The molecule has 2 aliphatic heterocycles. The topological polar surface area (TPSA) is 52.7 Å². The maximum absolute atomic E-state index is 12.9. The van der Waals surface area contributed by atoms with Gasteiger partial charge in [-0.05, 0) is 29.7 Å². The lowest BCUT2D eigenvalue weighted by atomic mass is 9.99. The van der Waals surface area contributed by atoms with Crippen molar-refractivity contribution in [1.29, 1.82) is 0 Å². The highest BCUT2D eigenvalue weighted by Gasteiger charge is 2.27. The number of rotatable bonds is 3. The van der Waals surface area contributed by atoms with Gasteiger partial charge in [-0.1, -0.05) is 18.2 Å². The summed E-state index contributed by atoms with van der Waals surface area (Å²) in [6, 6.07) is 6.16. The summed E-state index contributed by atoms with van der Waals surface area (Å²) in [5.41, 5.74) is 2.19. The lowest BCUT2D eigenvalue weighted by molar-refractivity contribution is -0.128. The summed E-state index contributed by atoms with van der Waals surface area (Å²) in [4.78, 5) is 26.8. The predicted octanol–water partition coefficient (Wildman–Crippen LogP) is 1.47. The molecule has 1 aromatic rings. The molecule has 2 aliphatic rings. The van der Waals surface area contributed by atoms with Crippen molar-refractivity contribution in [2.45, 2.75) is 6.42 Å². The van der Waals surface area contributed by atoms with Gasteiger partial charge in [-0.3, -0.25) is 14.6 Å². The van der Waals surface area contributed by atoms with Crippen LogP contribution in [-0.2, 0) is 4.79 Å². The average molecular weight is 303 g/mol. The van der Waals surface area contributed by atoms with Crippen molar-refractivity contribution in [2.75, 3.05) is 32.7 Å². The van der Waals surface area contributed by atoms with Crippen LogP contribution in [0, 0.1) is 5.82 Å². The Balaban J connectivity index is 1.57. The van der Waals surface area contributed by atoms with Crippen LogP contribution in [0.3, 0.4) is 0 Å². The highest BCUT2D eigenvalue weighted by molar-refractivity contribution is 5.96. The molecule has 0 radical (unpaired) electrons. The summed E-state index contributed by atoms with van der Waals surface area (Å²) in [7, 11) is 0. The number of hydrogen-bond acceptors (Lipinski definition) is 3. The number of nitrogens with one attached hydrogen (secondary N) is 1. The van der Waals surface area contributed by atoms with Crippen molar-refractivity contribution < 1.29 is 14.0 Å². The number of halogens is 1. The smallest absolute Gasteiger partial charge is 0.324 e. The first-order valence-corrected chi connectivity index (χ1v) is 7.39. The minimum absolute atomic E-state index is 0.159. The van der Waals surface area contributed by atoms with Crippen LogP contribution in [0.2, 0.25) is 0 Å². The van der Waals surface area contributed by atoms with Crippen molar-refractivity contribution in [2.24, 2.45) is 0 Å². The van der Waals surface area contributed by atoms with E-state index in [9.17, 15) is 14.0 Å². The van der Waals surface area contributed by atoms with Crippen molar-refractivity contribution >= 4 is 17.5 Å². The molecule has 6 heteroatoms. The maximum Gasteiger partial charge on any atom is 0.324 e. The van der Waals surface area contributed by atoms with Gasteiger partial charge in [0.15, 0.2) is 0 Å². The minimum atomic E-state index is -0.301. The van der Waals surface area contributed by atoms with Gasteiger partial charge in [0.05, 0.1) is 6.54 Å². The lowest BCUT2D eigenvalue weighted by Gasteiger charge is -2.27. The Hall–Kier alpha value is -2.21. The molecule has 1 N–H and O–H groups in total. The summed E-state index contributed by atoms with van der Waals surface area (Å²) in [5.74, 6) is -0.398. The molecule has 2 heterocycles. The van der Waals surface area contributed by atoms with E-state index in [4.69, 9.17) is 0 Å². The number of imide groups is 1. The highest BCUT2D eigenvalue weighted by atomic mass is 19.1. The first-order valence-electron chi connectivity index (χ1n) is 7.39. The average Bonchev–Trinajstić information content (AvgIpc) is 2.95. The summed E-state index contributed by atoms with van der Waals surface area (Å²) in [5, 5.41) is 2.63. The van der Waals surface area contributed by atoms with Gasteiger partial charge >= 0.3 is 6.03 Å². The predicted molar refractivity (Wildman–Crippen MR) is 80.5 cm³/mol. The fourth-order valence-electron chi connectivity index (χ4n) is 2.77. The quantitative estimate of drug-likeness (QED) is 0.920. The number of carbonyl (C=O) groups excluding carboxylic acids is 2. The molecule has 5 nitrogen and oxygen atoms in total. The molecule has 116 valence electrons. The SMILES string of the molecule is O=C(CN1CC=C(c2ccc(F)cc2)CC1)N1CCNC1=O. The monoisotopic (exact) mass is 303 g/mol. The molecule has 0 aromatic heterocycles. The van der Waals surface area contributed by atoms with E-state index in [1.54, 1.807) is 12.1 Å². The lowest BCUT2D eigenvalue weighted by Crippen LogP contribution is -2.43. The molecule has 1 aromatic carbocycles. The van der Waals surface area contributed by atoms with Crippen LogP contribution in [0.15, 0.2) is 30.3 Å². The van der Waals surface area contributed by atoms with E-state index in [0.717, 1.165) is 18.5 Å². The second-order valence-corrected chi connectivity index (χ2v) is 5.50. The van der Waals surface area contributed by atoms with Gasteiger partial charge in [0.2, 0.25) is 5.91 Å². The number of hydrogen-bond donors (Lipinski definition) is 1. The molecule has 0 aliphatic carbocycles. The number of benzene rings is 1. The Morgan fingerprint density at radius 1 is 1.23 bits per heavy atom. The van der Waals surface area contributed by atoms with Gasteiger partial charge < -0.3 is 5.32 Å². The fourth-order valence-corrected chi connectivity index (χ4v) is 2.77. The molecule has 0 unspecified atom stereocenters. The second-order valence-electron chi connectivity index (χ2n) is 5.50. The van der Waals surface area contributed by atoms with Crippen molar-refractivity contribution in [3.05, 3.63) is 41.7 Å². The Kier molecular flexibility index (Phi) is 4.20. The maximum atomic E-state index is 12.9. The molecular formula is C16H18FN3O2. The third kappa shape index (κ3) is 3.17. The fraction of sp³-hybridized carbons (Fsp3) is 0.375. The summed E-state index contributed by atoms with van der Waals surface area (Å²) in [6.45, 7) is 2.64. The number of urea groups is 1. The van der Waals surface area contributed by atoms with Crippen molar-refractivity contribution in [3.63, 3.8) is 0 Å². The highest BCUT2D eigenvalue weighted by Crippen LogP contribution is 2.22. The minimum Gasteiger partial charge on any atom is -0.336 e. The van der Waals surface area contributed by atoms with Gasteiger partial charge in [-0.25, -0.2) is 9.18 Å². The van der Waals surface area contributed by atoms with Crippen LogP contribution >= 0.6 is 0 Å². The van der Waals surface area contributed by atoms with E-state index in [-0.39, 0.29) is 24.3 Å². The molecular weight excluding hydrogens is 285 g/mol. The van der Waals surface area contributed by atoms with Gasteiger partial charge in [0.25, 0.3) is 0 Å². The van der Waals surface area contributed by atoms with E-state index in [0.29, 0.717) is 19.6 Å². The van der Waals surface area contributed by atoms with Crippen LogP contribution in [0.1, 0.15) is 12.0 Å². The van der Waals surface area contributed by atoms with Crippen molar-refractivity contribution in [1.82, 2.24) is 15.1 Å². The van der Waals surface area contributed by atoms with E-state index in [1.807, 2.05) is 4.90 Å². The molecule has 0 atom stereocenters. The van der Waals surface area contributed by atoms with Gasteiger partial charge in [-0.15, -0.1) is 0 Å². The van der Waals surface area contributed by atoms with E-state index >= 15 is 0 Å². The van der Waals surface area contributed by atoms with Crippen LogP contribution in [-0.4, -0.2) is 54.5 Å². The number of nitrogens with zero attached hydrogens (tertiary/aromatic N) is 2.